The fraction of sp³-hybridized carbons (Fsp3) is 0.0172. The molecule has 0 aliphatic heterocycles. The second-order valence-corrected chi connectivity index (χ2v) is 16.3. The Bertz CT molecular complexity index is 3700. The van der Waals surface area contributed by atoms with Crippen molar-refractivity contribution < 1.29 is 0 Å². The molecule has 7 heterocycles. The van der Waals surface area contributed by atoms with Crippen molar-refractivity contribution in [2.75, 3.05) is 0 Å². The van der Waals surface area contributed by atoms with E-state index in [0.29, 0.717) is 28.9 Å². The van der Waals surface area contributed by atoms with Gasteiger partial charge in [0.1, 0.15) is 11.4 Å². The largest absolute Gasteiger partial charge is 0.256 e. The molecular weight excluding hydrogens is 823 g/mol. The minimum Gasteiger partial charge on any atom is -0.256 e. The van der Waals surface area contributed by atoms with Crippen LogP contribution in [0.15, 0.2) is 207 Å². The van der Waals surface area contributed by atoms with E-state index in [4.69, 9.17) is 34.9 Å². The Kier molecular flexibility index (Phi) is 9.83. The summed E-state index contributed by atoms with van der Waals surface area (Å²) in [7, 11) is 0. The van der Waals surface area contributed by atoms with E-state index in [-0.39, 0.29) is 0 Å². The molecular formula is C58H37N9. The van der Waals surface area contributed by atoms with E-state index in [1.54, 1.807) is 24.8 Å². The Morgan fingerprint density at radius 3 is 1.61 bits per heavy atom. The average molecular weight is 860 g/mol. The molecule has 5 aromatic carbocycles. The van der Waals surface area contributed by atoms with E-state index in [0.717, 1.165) is 89.0 Å². The fourth-order valence-electron chi connectivity index (χ4n) is 8.77. The van der Waals surface area contributed by atoms with Gasteiger partial charge in [-0.1, -0.05) is 78.9 Å². The molecule has 12 aromatic rings. The maximum absolute atomic E-state index is 5.19. The van der Waals surface area contributed by atoms with Crippen LogP contribution in [0.4, 0.5) is 0 Å². The summed E-state index contributed by atoms with van der Waals surface area (Å²) in [5.41, 5.74) is 13.2. The zero-order chi connectivity index (χ0) is 44.7. The van der Waals surface area contributed by atoms with Gasteiger partial charge in [-0.05, 0) is 148 Å². The zero-order valence-corrected chi connectivity index (χ0v) is 36.2. The molecule has 0 amide bonds. The molecule has 0 atom stereocenters. The highest BCUT2D eigenvalue weighted by Crippen LogP contribution is 2.40. The highest BCUT2D eigenvalue weighted by atomic mass is 15.1. The number of fused-ring (bicyclic) bond motifs is 4. The Labute approximate surface area is 385 Å². The third-order valence-corrected chi connectivity index (χ3v) is 12.0. The topological polar surface area (TPSA) is 116 Å². The van der Waals surface area contributed by atoms with Crippen molar-refractivity contribution in [1.82, 2.24) is 44.9 Å². The molecule has 0 fully saturated rings. The monoisotopic (exact) mass is 859 g/mol. The van der Waals surface area contributed by atoms with Crippen LogP contribution in [-0.4, -0.2) is 44.9 Å². The molecule has 0 radical (unpaired) electrons. The summed E-state index contributed by atoms with van der Waals surface area (Å²) in [5, 5.41) is 5.73. The molecule has 12 rings (SSSR count). The second kappa shape index (κ2) is 16.7. The number of benzene rings is 5. The Balaban J connectivity index is 1.07. The smallest absolute Gasteiger partial charge is 0.182 e. The van der Waals surface area contributed by atoms with Gasteiger partial charge in [0, 0.05) is 64.3 Å². The Morgan fingerprint density at radius 1 is 0.299 bits per heavy atom. The van der Waals surface area contributed by atoms with E-state index >= 15 is 0 Å². The van der Waals surface area contributed by atoms with Crippen molar-refractivity contribution in [2.45, 2.75) is 6.92 Å². The van der Waals surface area contributed by atoms with Crippen LogP contribution in [0.1, 0.15) is 5.69 Å². The highest BCUT2D eigenvalue weighted by molar-refractivity contribution is 6.14. The molecule has 0 aliphatic rings. The predicted octanol–water partition coefficient (Wildman–Crippen LogP) is 13.3. The number of aryl methyl sites for hydroxylation is 1. The van der Waals surface area contributed by atoms with Crippen LogP contribution in [-0.2, 0) is 0 Å². The molecule has 0 unspecified atom stereocenters. The van der Waals surface area contributed by atoms with Crippen LogP contribution >= 0.6 is 0 Å². The van der Waals surface area contributed by atoms with Gasteiger partial charge in [-0.3, -0.25) is 29.9 Å². The van der Waals surface area contributed by atoms with Gasteiger partial charge in [0.15, 0.2) is 17.5 Å². The van der Waals surface area contributed by atoms with Gasteiger partial charge in [0.2, 0.25) is 0 Å². The number of hydrogen-bond acceptors (Lipinski definition) is 9. The van der Waals surface area contributed by atoms with E-state index in [9.17, 15) is 0 Å². The van der Waals surface area contributed by atoms with Crippen molar-refractivity contribution in [1.29, 1.82) is 0 Å². The summed E-state index contributed by atoms with van der Waals surface area (Å²) in [6.45, 7) is 2.02. The molecule has 314 valence electrons. The molecule has 9 nitrogen and oxygen atoms in total. The number of hydrogen-bond donors (Lipinski definition) is 0. The molecule has 9 heteroatoms. The van der Waals surface area contributed by atoms with Gasteiger partial charge < -0.3 is 0 Å². The third-order valence-electron chi connectivity index (χ3n) is 12.0. The summed E-state index contributed by atoms with van der Waals surface area (Å²) in [4.78, 5) is 44.0. The van der Waals surface area contributed by atoms with Gasteiger partial charge in [0.05, 0.1) is 22.6 Å². The SMILES string of the molecule is Cc1ccc2c(-c3ccnc(-c4cc(-c5nc(-c6ccc(-c7ccccn7)cn6)nc(-c6ccc(-c7ccccn7)cn6)n5)cc(-c5cc6ccccc6c6ccccc56)c4)c3)cccc2n1. The predicted molar refractivity (Wildman–Crippen MR) is 267 cm³/mol. The lowest BCUT2D eigenvalue weighted by atomic mass is 9.90. The first-order valence-corrected chi connectivity index (χ1v) is 22.0. The number of pyridine rings is 6. The van der Waals surface area contributed by atoms with Crippen LogP contribution in [0, 0.1) is 6.92 Å². The van der Waals surface area contributed by atoms with Gasteiger partial charge in [-0.2, -0.15) is 0 Å². The van der Waals surface area contributed by atoms with E-state index in [2.05, 4.69) is 125 Å². The third kappa shape index (κ3) is 7.60. The Hall–Kier alpha value is -9.21. The standard InChI is InChI=1S/C58H37N9/c1-36-19-22-48-45(15-10-18-52(48)64-36)38-25-28-61-55(33-38)42-29-41(49-32-37-11-2-3-12-44(37)46-13-4-5-14-47(46)49)30-43(31-42)56-65-57(53-23-20-39(34-62-53)50-16-6-8-26-59-50)67-58(66-56)54-24-21-40(35-63-54)51-17-7-9-27-60-51/h2-35H,1H3. The summed E-state index contributed by atoms with van der Waals surface area (Å²) in [6, 6.07) is 60.1. The summed E-state index contributed by atoms with van der Waals surface area (Å²) >= 11 is 0. The van der Waals surface area contributed by atoms with Crippen molar-refractivity contribution in [3.05, 3.63) is 213 Å². The number of aromatic nitrogens is 9. The number of rotatable bonds is 8. The maximum atomic E-state index is 5.19. The highest BCUT2D eigenvalue weighted by Gasteiger charge is 2.19. The molecule has 67 heavy (non-hydrogen) atoms. The van der Waals surface area contributed by atoms with Crippen molar-refractivity contribution >= 4 is 32.4 Å². The van der Waals surface area contributed by atoms with E-state index < -0.39 is 0 Å². The van der Waals surface area contributed by atoms with Crippen molar-refractivity contribution in [3.8, 4) is 90.5 Å². The summed E-state index contributed by atoms with van der Waals surface area (Å²) in [5.74, 6) is 1.28. The molecule has 0 aliphatic carbocycles. The van der Waals surface area contributed by atoms with Crippen LogP contribution in [0.2, 0.25) is 0 Å². The van der Waals surface area contributed by atoms with Crippen LogP contribution < -0.4 is 0 Å². The van der Waals surface area contributed by atoms with E-state index in [1.807, 2.05) is 73.8 Å². The molecule has 0 N–H and O–H groups in total. The second-order valence-electron chi connectivity index (χ2n) is 16.3. The van der Waals surface area contributed by atoms with Gasteiger partial charge in [-0.15, -0.1) is 0 Å². The first-order chi connectivity index (χ1) is 33.1. The van der Waals surface area contributed by atoms with Crippen LogP contribution in [0.5, 0.6) is 0 Å². The Morgan fingerprint density at radius 2 is 0.925 bits per heavy atom. The van der Waals surface area contributed by atoms with Crippen molar-refractivity contribution in [3.63, 3.8) is 0 Å². The minimum absolute atomic E-state index is 0.409. The van der Waals surface area contributed by atoms with Crippen LogP contribution in [0.25, 0.3) is 123 Å². The van der Waals surface area contributed by atoms with E-state index in [1.165, 1.54) is 10.8 Å². The van der Waals surface area contributed by atoms with Gasteiger partial charge in [0.25, 0.3) is 0 Å². The molecule has 0 saturated heterocycles. The zero-order valence-electron chi connectivity index (χ0n) is 36.2. The fourth-order valence-corrected chi connectivity index (χ4v) is 8.77. The lowest BCUT2D eigenvalue weighted by Crippen LogP contribution is -2.02. The lowest BCUT2D eigenvalue weighted by molar-refractivity contribution is 1.05. The lowest BCUT2D eigenvalue weighted by Gasteiger charge is -2.15. The first kappa shape index (κ1) is 39.4. The average Bonchev–Trinajstić information content (AvgIpc) is 3.40. The quantitative estimate of drug-likeness (QED) is 0.138. The normalized spacial score (nSPS) is 11.4. The van der Waals surface area contributed by atoms with Crippen LogP contribution in [0.3, 0.4) is 0 Å². The molecule has 0 spiro atoms. The summed E-state index contributed by atoms with van der Waals surface area (Å²) in [6.07, 6.45) is 9.03. The first-order valence-electron chi connectivity index (χ1n) is 22.0. The minimum atomic E-state index is 0.409. The van der Waals surface area contributed by atoms with Crippen molar-refractivity contribution in [2.24, 2.45) is 0 Å². The van der Waals surface area contributed by atoms with Gasteiger partial charge >= 0.3 is 0 Å². The molecule has 0 saturated carbocycles. The number of nitrogens with zero attached hydrogens (tertiary/aromatic N) is 9. The molecule has 0 bridgehead atoms. The van der Waals surface area contributed by atoms with Gasteiger partial charge in [-0.25, -0.2) is 15.0 Å². The summed E-state index contributed by atoms with van der Waals surface area (Å²) < 4.78 is 0. The maximum Gasteiger partial charge on any atom is 0.182 e. The molecule has 7 aromatic heterocycles.